The molecule has 37 heavy (non-hydrogen) atoms. The molecule has 0 aromatic carbocycles. The van der Waals surface area contributed by atoms with Gasteiger partial charge in [0.2, 0.25) is 0 Å². The molecule has 0 bridgehead atoms. The molecule has 0 spiro atoms. The second kappa shape index (κ2) is 8.90. The summed E-state index contributed by atoms with van der Waals surface area (Å²) in [6, 6.07) is 3.82. The summed E-state index contributed by atoms with van der Waals surface area (Å²) in [5.41, 5.74) is 5.87. The van der Waals surface area contributed by atoms with E-state index < -0.39 is 5.82 Å². The Labute approximate surface area is 210 Å². The van der Waals surface area contributed by atoms with Gasteiger partial charge in [-0.1, -0.05) is 6.42 Å². The average Bonchev–Trinajstić information content (AvgIpc) is 3.69. The topological polar surface area (TPSA) is 112 Å². The minimum absolute atomic E-state index is 0.236. The van der Waals surface area contributed by atoms with Crippen LogP contribution in [0.3, 0.4) is 0 Å². The molecule has 7 rings (SSSR count). The highest BCUT2D eigenvalue weighted by Crippen LogP contribution is 2.34. The van der Waals surface area contributed by atoms with E-state index in [-0.39, 0.29) is 5.69 Å². The van der Waals surface area contributed by atoms with Gasteiger partial charge >= 0.3 is 0 Å². The number of H-pyrrole nitrogens is 2. The zero-order chi connectivity index (χ0) is 24.8. The molecule has 1 saturated heterocycles. The lowest BCUT2D eigenvalue weighted by Gasteiger charge is -2.26. The van der Waals surface area contributed by atoms with E-state index in [0.29, 0.717) is 39.0 Å². The molecule has 6 aromatic rings. The minimum atomic E-state index is -0.466. The second-order valence-electron chi connectivity index (χ2n) is 9.38. The first-order valence-electron chi connectivity index (χ1n) is 12.3. The van der Waals surface area contributed by atoms with Gasteiger partial charge in [0.15, 0.2) is 11.6 Å². The van der Waals surface area contributed by atoms with Gasteiger partial charge in [0.1, 0.15) is 16.9 Å². The SMILES string of the molecule is Fc1c(-c2cncc(CN3CCCCC3)c2)ncc2[nH]nc(-c3nc4c(-c5ccoc5)cncc4[nH]3)c12. The highest BCUT2D eigenvalue weighted by atomic mass is 19.1. The fourth-order valence-electron chi connectivity index (χ4n) is 5.10. The van der Waals surface area contributed by atoms with Gasteiger partial charge in [0.05, 0.1) is 41.3 Å². The lowest BCUT2D eigenvalue weighted by atomic mass is 10.1. The Morgan fingerprint density at radius 1 is 0.946 bits per heavy atom. The van der Waals surface area contributed by atoms with Gasteiger partial charge in [0, 0.05) is 41.8 Å². The quantitative estimate of drug-likeness (QED) is 0.332. The van der Waals surface area contributed by atoms with Crippen molar-refractivity contribution in [3.63, 3.8) is 0 Å². The van der Waals surface area contributed by atoms with Gasteiger partial charge < -0.3 is 9.40 Å². The van der Waals surface area contributed by atoms with Crippen LogP contribution in [-0.4, -0.2) is 53.1 Å². The van der Waals surface area contributed by atoms with E-state index in [1.54, 1.807) is 37.3 Å². The molecule has 1 aliphatic heterocycles. The number of aromatic nitrogens is 7. The molecule has 6 aromatic heterocycles. The predicted octanol–water partition coefficient (Wildman–Crippen LogP) is 5.34. The van der Waals surface area contributed by atoms with Crippen molar-refractivity contribution in [1.29, 1.82) is 0 Å². The van der Waals surface area contributed by atoms with Crippen LogP contribution in [0.5, 0.6) is 0 Å². The summed E-state index contributed by atoms with van der Waals surface area (Å²) in [6.07, 6.45) is 15.5. The van der Waals surface area contributed by atoms with E-state index in [1.165, 1.54) is 19.3 Å². The first-order chi connectivity index (χ1) is 18.2. The van der Waals surface area contributed by atoms with Crippen LogP contribution in [0.15, 0.2) is 60.1 Å². The van der Waals surface area contributed by atoms with Crippen LogP contribution in [0.4, 0.5) is 4.39 Å². The van der Waals surface area contributed by atoms with Crippen LogP contribution in [0, 0.1) is 5.82 Å². The summed E-state index contributed by atoms with van der Waals surface area (Å²) >= 11 is 0. The van der Waals surface area contributed by atoms with Crippen LogP contribution >= 0.6 is 0 Å². The Morgan fingerprint density at radius 3 is 2.70 bits per heavy atom. The number of nitrogens with zero attached hydrogens (tertiary/aromatic N) is 6. The van der Waals surface area contributed by atoms with Gasteiger partial charge in [-0.05, 0) is 43.6 Å². The molecule has 9 nitrogen and oxygen atoms in total. The number of hydrogen-bond donors (Lipinski definition) is 2. The third-order valence-corrected chi connectivity index (χ3v) is 6.92. The molecule has 0 amide bonds. The summed E-state index contributed by atoms with van der Waals surface area (Å²) in [5.74, 6) is -0.0289. The van der Waals surface area contributed by atoms with Crippen molar-refractivity contribution in [3.05, 3.63) is 67.0 Å². The molecular weight excluding hydrogens is 471 g/mol. The first kappa shape index (κ1) is 21.8. The van der Waals surface area contributed by atoms with Crippen molar-refractivity contribution in [1.82, 2.24) is 40.0 Å². The van der Waals surface area contributed by atoms with Crippen molar-refractivity contribution in [2.45, 2.75) is 25.8 Å². The van der Waals surface area contributed by atoms with Crippen LogP contribution in [-0.2, 0) is 6.54 Å². The number of imidazole rings is 1. The number of aromatic amines is 2. The summed E-state index contributed by atoms with van der Waals surface area (Å²) in [6.45, 7) is 2.96. The highest BCUT2D eigenvalue weighted by Gasteiger charge is 2.22. The number of likely N-dealkylation sites (tertiary alicyclic amines) is 1. The lowest BCUT2D eigenvalue weighted by Crippen LogP contribution is -2.29. The Bertz CT molecular complexity index is 1720. The number of furan rings is 1. The van der Waals surface area contributed by atoms with E-state index in [0.717, 1.165) is 36.3 Å². The lowest BCUT2D eigenvalue weighted by molar-refractivity contribution is 0.220. The molecule has 0 saturated carbocycles. The zero-order valence-corrected chi connectivity index (χ0v) is 19.9. The molecule has 1 aliphatic rings. The summed E-state index contributed by atoms with van der Waals surface area (Å²) in [7, 11) is 0. The maximum absolute atomic E-state index is 16.1. The molecule has 0 aliphatic carbocycles. The zero-order valence-electron chi connectivity index (χ0n) is 19.9. The van der Waals surface area contributed by atoms with Gasteiger partial charge in [-0.3, -0.25) is 25.0 Å². The molecule has 7 heterocycles. The Morgan fingerprint density at radius 2 is 1.84 bits per heavy atom. The molecule has 1 fully saturated rings. The van der Waals surface area contributed by atoms with Crippen molar-refractivity contribution in [2.24, 2.45) is 0 Å². The molecular formula is C27H23FN8O. The summed E-state index contributed by atoms with van der Waals surface area (Å²) in [4.78, 5) is 23.5. The molecule has 0 radical (unpaired) electrons. The number of piperidine rings is 1. The molecule has 10 heteroatoms. The van der Waals surface area contributed by atoms with Crippen molar-refractivity contribution in [3.8, 4) is 33.9 Å². The average molecular weight is 495 g/mol. The number of hydrogen-bond acceptors (Lipinski definition) is 7. The predicted molar refractivity (Wildman–Crippen MR) is 137 cm³/mol. The van der Waals surface area contributed by atoms with Gasteiger partial charge in [-0.2, -0.15) is 5.10 Å². The van der Waals surface area contributed by atoms with Gasteiger partial charge in [0.25, 0.3) is 0 Å². The molecule has 0 unspecified atom stereocenters. The van der Waals surface area contributed by atoms with E-state index in [9.17, 15) is 0 Å². The van der Waals surface area contributed by atoms with E-state index in [2.05, 4.69) is 35.0 Å². The van der Waals surface area contributed by atoms with Crippen LogP contribution in [0.25, 0.3) is 55.8 Å². The largest absolute Gasteiger partial charge is 0.472 e. The minimum Gasteiger partial charge on any atom is -0.472 e. The standard InChI is InChI=1S/C27H23FN8O/c28-23-22-20(13-31-24(23)18-8-16(9-29-10-18)14-36-5-2-1-3-6-36)34-35-26(22)27-32-21-12-30-11-19(25(21)33-27)17-4-7-37-15-17/h4,7-13,15H,1-3,5-6,14H2,(H,32,33)(H,34,35). The number of pyridine rings is 3. The van der Waals surface area contributed by atoms with Crippen LogP contribution < -0.4 is 0 Å². The molecule has 2 N–H and O–H groups in total. The van der Waals surface area contributed by atoms with Crippen LogP contribution in [0.2, 0.25) is 0 Å². The van der Waals surface area contributed by atoms with E-state index >= 15 is 4.39 Å². The maximum atomic E-state index is 16.1. The smallest absolute Gasteiger partial charge is 0.161 e. The molecule has 0 atom stereocenters. The van der Waals surface area contributed by atoms with Crippen LogP contribution in [0.1, 0.15) is 24.8 Å². The highest BCUT2D eigenvalue weighted by molar-refractivity contribution is 5.97. The number of rotatable bonds is 5. The summed E-state index contributed by atoms with van der Waals surface area (Å²) in [5, 5.41) is 7.60. The first-order valence-corrected chi connectivity index (χ1v) is 12.3. The van der Waals surface area contributed by atoms with Gasteiger partial charge in [-0.25, -0.2) is 9.37 Å². The fraction of sp³-hybridized carbons (Fsp3) is 0.222. The van der Waals surface area contributed by atoms with E-state index in [4.69, 9.17) is 9.40 Å². The number of fused-ring (bicyclic) bond motifs is 2. The van der Waals surface area contributed by atoms with Crippen molar-refractivity contribution < 1.29 is 8.81 Å². The third kappa shape index (κ3) is 3.86. The Balaban J connectivity index is 1.30. The van der Waals surface area contributed by atoms with Crippen molar-refractivity contribution >= 4 is 21.9 Å². The number of nitrogens with one attached hydrogen (secondary N) is 2. The van der Waals surface area contributed by atoms with Crippen molar-refractivity contribution in [2.75, 3.05) is 13.1 Å². The summed E-state index contributed by atoms with van der Waals surface area (Å²) < 4.78 is 21.3. The monoisotopic (exact) mass is 494 g/mol. The fourth-order valence-corrected chi connectivity index (χ4v) is 5.10. The normalized spacial score (nSPS) is 14.6. The Kier molecular flexibility index (Phi) is 5.24. The van der Waals surface area contributed by atoms with Gasteiger partial charge in [-0.15, -0.1) is 0 Å². The Hall–Kier alpha value is -4.44. The number of halogens is 1. The van der Waals surface area contributed by atoms with E-state index in [1.807, 2.05) is 18.3 Å². The molecule has 184 valence electrons. The second-order valence-corrected chi connectivity index (χ2v) is 9.38. The third-order valence-electron chi connectivity index (χ3n) is 6.92. The maximum Gasteiger partial charge on any atom is 0.161 e.